The molecule has 4 heteroatoms. The summed E-state index contributed by atoms with van der Waals surface area (Å²) in [7, 11) is 2.45. The minimum atomic E-state index is -0.626. The van der Waals surface area contributed by atoms with Crippen LogP contribution in [0.4, 0.5) is 0 Å². The Morgan fingerprint density at radius 2 is 1.45 bits per heavy atom. The third-order valence-electron chi connectivity index (χ3n) is 1.22. The molecule has 0 fully saturated rings. The average Bonchev–Trinajstić information content (AvgIpc) is 2.05. The summed E-state index contributed by atoms with van der Waals surface area (Å²) in [6.07, 6.45) is 0.319. The Morgan fingerprint density at radius 1 is 1.09 bits per heavy atom. The Hall–Kier alpha value is -1.06. The number of hydrogen-bond acceptors (Lipinski definition) is 4. The Balaban J connectivity index is 4.15. The molecule has 0 bridgehead atoms. The number of esters is 2. The molecule has 0 rings (SSSR count). The van der Waals surface area contributed by atoms with Crippen LogP contribution in [0, 0.1) is 5.92 Å². The van der Waals surface area contributed by atoms with Crippen LogP contribution in [0.15, 0.2) is 0 Å². The number of ether oxygens (including phenoxy) is 2. The predicted molar refractivity (Wildman–Crippen MR) is 37.6 cm³/mol. The summed E-state index contributed by atoms with van der Waals surface area (Å²) in [5, 5.41) is 0. The quantitative estimate of drug-likeness (QED) is 0.439. The molecule has 0 aromatic carbocycles. The van der Waals surface area contributed by atoms with Crippen LogP contribution >= 0.6 is 0 Å². The van der Waals surface area contributed by atoms with Crippen molar-refractivity contribution in [3.63, 3.8) is 0 Å². The molecule has 0 aromatic rings. The fourth-order valence-corrected chi connectivity index (χ4v) is 0.618. The van der Waals surface area contributed by atoms with Crippen molar-refractivity contribution < 1.29 is 19.1 Å². The molecule has 0 N–H and O–H groups in total. The molecule has 0 aliphatic rings. The molecule has 1 radical (unpaired) electrons. The summed E-state index contributed by atoms with van der Waals surface area (Å²) in [6, 6.07) is 0. The molecule has 0 unspecified atom stereocenters. The van der Waals surface area contributed by atoms with E-state index in [1.54, 1.807) is 6.92 Å². The summed E-state index contributed by atoms with van der Waals surface area (Å²) < 4.78 is 8.70. The van der Waals surface area contributed by atoms with Gasteiger partial charge in [-0.1, -0.05) is 6.92 Å². The van der Waals surface area contributed by atoms with Crippen LogP contribution < -0.4 is 0 Å². The zero-order valence-corrected chi connectivity index (χ0v) is 6.84. The van der Waals surface area contributed by atoms with E-state index in [1.807, 2.05) is 0 Å². The first-order valence-electron chi connectivity index (χ1n) is 3.19. The number of carbonyl (C=O) groups excluding carboxylic acids is 2. The highest BCUT2D eigenvalue weighted by molar-refractivity contribution is 6.09. The lowest BCUT2D eigenvalue weighted by Gasteiger charge is -2.07. The van der Waals surface area contributed by atoms with Gasteiger partial charge in [0, 0.05) is 0 Å². The maximum Gasteiger partial charge on any atom is 0.325 e. The van der Waals surface area contributed by atoms with Crippen LogP contribution in [-0.2, 0) is 19.1 Å². The first-order chi connectivity index (χ1) is 5.17. The van der Waals surface area contributed by atoms with Crippen LogP contribution in [0.5, 0.6) is 0 Å². The smallest absolute Gasteiger partial charge is 0.325 e. The van der Waals surface area contributed by atoms with E-state index >= 15 is 0 Å². The molecule has 0 saturated carbocycles. The van der Waals surface area contributed by atoms with Crippen molar-refractivity contribution in [1.29, 1.82) is 0 Å². The monoisotopic (exact) mass is 159 g/mol. The largest absolute Gasteiger partial charge is 0.468 e. The summed E-state index contributed by atoms with van der Waals surface area (Å²) >= 11 is 0. The maximum atomic E-state index is 10.8. The fraction of sp³-hybridized carbons (Fsp3) is 0.571. The molecule has 0 saturated heterocycles. The normalized spacial score (nSPS) is 9.45. The van der Waals surface area contributed by atoms with E-state index in [9.17, 15) is 9.59 Å². The van der Waals surface area contributed by atoms with Crippen molar-refractivity contribution in [2.75, 3.05) is 14.2 Å². The molecule has 0 amide bonds. The van der Waals surface area contributed by atoms with Gasteiger partial charge in [0.15, 0.2) is 5.92 Å². The van der Waals surface area contributed by atoms with E-state index in [2.05, 4.69) is 9.47 Å². The summed E-state index contributed by atoms with van der Waals surface area (Å²) in [4.78, 5) is 21.6. The zero-order chi connectivity index (χ0) is 8.85. The molecular formula is C7H11O4. The standard InChI is InChI=1S/C7H11O4/c1-4-5(6(8)10-2)7(9)11-3/h4H2,1-3H3. The van der Waals surface area contributed by atoms with Crippen LogP contribution in [0.1, 0.15) is 13.3 Å². The molecule has 0 aliphatic heterocycles. The summed E-state index contributed by atoms with van der Waals surface area (Å²) in [6.45, 7) is 1.68. The first kappa shape index (κ1) is 9.94. The second kappa shape index (κ2) is 4.71. The van der Waals surface area contributed by atoms with Gasteiger partial charge in [0.25, 0.3) is 0 Å². The molecule has 0 aromatic heterocycles. The molecular weight excluding hydrogens is 148 g/mol. The number of carbonyl (C=O) groups is 2. The Labute approximate surface area is 65.5 Å². The Kier molecular flexibility index (Phi) is 4.26. The second-order valence-electron chi connectivity index (χ2n) is 1.82. The molecule has 0 heterocycles. The van der Waals surface area contributed by atoms with Gasteiger partial charge in [-0.3, -0.25) is 9.59 Å². The average molecular weight is 159 g/mol. The lowest BCUT2D eigenvalue weighted by Crippen LogP contribution is -2.23. The molecule has 4 nitrogen and oxygen atoms in total. The highest BCUT2D eigenvalue weighted by Gasteiger charge is 2.27. The van der Waals surface area contributed by atoms with Crippen molar-refractivity contribution in [2.45, 2.75) is 13.3 Å². The van der Waals surface area contributed by atoms with Gasteiger partial charge in [-0.25, -0.2) is 0 Å². The van der Waals surface area contributed by atoms with E-state index in [0.29, 0.717) is 6.42 Å². The lowest BCUT2D eigenvalue weighted by molar-refractivity contribution is -0.148. The van der Waals surface area contributed by atoms with Crippen molar-refractivity contribution in [3.05, 3.63) is 5.92 Å². The van der Waals surface area contributed by atoms with Crippen LogP contribution in [0.3, 0.4) is 0 Å². The van der Waals surface area contributed by atoms with Gasteiger partial charge in [-0.2, -0.15) is 0 Å². The van der Waals surface area contributed by atoms with Crippen LogP contribution in [0.2, 0.25) is 0 Å². The Morgan fingerprint density at radius 3 is 1.64 bits per heavy atom. The SMILES string of the molecule is CC[C](C(=O)OC)C(=O)OC. The number of rotatable bonds is 3. The van der Waals surface area contributed by atoms with E-state index in [-0.39, 0.29) is 5.92 Å². The Bertz CT molecular complexity index is 137. The van der Waals surface area contributed by atoms with Gasteiger partial charge in [0.2, 0.25) is 0 Å². The summed E-state index contributed by atoms with van der Waals surface area (Å²) in [5.41, 5.74) is 0. The molecule has 63 valence electrons. The second-order valence-corrected chi connectivity index (χ2v) is 1.82. The highest BCUT2D eigenvalue weighted by Crippen LogP contribution is 2.08. The molecule has 0 atom stereocenters. The van der Waals surface area contributed by atoms with E-state index in [4.69, 9.17) is 0 Å². The third kappa shape index (κ3) is 2.57. The summed E-state index contributed by atoms with van der Waals surface area (Å²) in [5.74, 6) is -1.21. The van der Waals surface area contributed by atoms with Gasteiger partial charge in [-0.05, 0) is 6.42 Å². The third-order valence-corrected chi connectivity index (χ3v) is 1.22. The molecule has 0 aliphatic carbocycles. The van der Waals surface area contributed by atoms with Crippen molar-refractivity contribution in [3.8, 4) is 0 Å². The van der Waals surface area contributed by atoms with Gasteiger partial charge >= 0.3 is 11.9 Å². The predicted octanol–water partition coefficient (Wildman–Crippen LogP) is 0.317. The van der Waals surface area contributed by atoms with Gasteiger partial charge in [-0.15, -0.1) is 0 Å². The van der Waals surface area contributed by atoms with E-state index in [1.165, 1.54) is 14.2 Å². The van der Waals surface area contributed by atoms with Crippen LogP contribution in [0.25, 0.3) is 0 Å². The minimum absolute atomic E-state index is 0.0370. The minimum Gasteiger partial charge on any atom is -0.468 e. The van der Waals surface area contributed by atoms with Crippen molar-refractivity contribution in [2.24, 2.45) is 0 Å². The van der Waals surface area contributed by atoms with Gasteiger partial charge < -0.3 is 9.47 Å². The van der Waals surface area contributed by atoms with E-state index < -0.39 is 11.9 Å². The van der Waals surface area contributed by atoms with Crippen LogP contribution in [-0.4, -0.2) is 26.2 Å². The lowest BCUT2D eigenvalue weighted by atomic mass is 10.1. The first-order valence-corrected chi connectivity index (χ1v) is 3.19. The van der Waals surface area contributed by atoms with Crippen molar-refractivity contribution >= 4 is 11.9 Å². The molecule has 11 heavy (non-hydrogen) atoms. The van der Waals surface area contributed by atoms with Gasteiger partial charge in [0.1, 0.15) is 0 Å². The maximum absolute atomic E-state index is 10.8. The molecule has 0 spiro atoms. The van der Waals surface area contributed by atoms with Gasteiger partial charge in [0.05, 0.1) is 14.2 Å². The topological polar surface area (TPSA) is 52.6 Å². The number of methoxy groups -OCH3 is 2. The fourth-order valence-electron chi connectivity index (χ4n) is 0.618. The van der Waals surface area contributed by atoms with Crippen molar-refractivity contribution in [1.82, 2.24) is 0 Å². The van der Waals surface area contributed by atoms with E-state index in [0.717, 1.165) is 0 Å². The zero-order valence-electron chi connectivity index (χ0n) is 6.84. The number of hydrogen-bond donors (Lipinski definition) is 0. The highest BCUT2D eigenvalue weighted by atomic mass is 16.5.